The minimum atomic E-state index is -4.34. The minimum Gasteiger partial charge on any atom is -0.335 e. The van der Waals surface area contributed by atoms with Gasteiger partial charge in [0.05, 0.1) is 11.6 Å². The number of rotatable bonds is 3. The predicted octanol–water partition coefficient (Wildman–Crippen LogP) is 3.23. The Bertz CT molecular complexity index is 752. The van der Waals surface area contributed by atoms with Crippen LogP contribution in [0, 0.1) is 0 Å². The molecule has 3 rings (SSSR count). The summed E-state index contributed by atoms with van der Waals surface area (Å²) < 4.78 is 43.1. The summed E-state index contributed by atoms with van der Waals surface area (Å²) in [6, 6.07) is 5.05. The van der Waals surface area contributed by atoms with E-state index in [1.165, 1.54) is 12.1 Å². The Morgan fingerprint density at radius 2 is 2.04 bits per heavy atom. The van der Waals surface area contributed by atoms with Crippen molar-refractivity contribution in [1.82, 2.24) is 20.4 Å². The van der Waals surface area contributed by atoms with Gasteiger partial charge in [0, 0.05) is 25.7 Å². The molecule has 5 nitrogen and oxygen atoms in total. The molecule has 2 aromatic rings. The van der Waals surface area contributed by atoms with Crippen LogP contribution in [0.5, 0.6) is 0 Å². The van der Waals surface area contributed by atoms with E-state index in [1.807, 2.05) is 7.05 Å². The first-order valence-electron chi connectivity index (χ1n) is 7.95. The molecule has 1 aromatic carbocycles. The van der Waals surface area contributed by atoms with Crippen LogP contribution in [0.1, 0.15) is 35.8 Å². The highest BCUT2D eigenvalue weighted by atomic mass is 19.4. The lowest BCUT2D eigenvalue weighted by atomic mass is 10.0. The van der Waals surface area contributed by atoms with Gasteiger partial charge in [0.1, 0.15) is 0 Å². The van der Waals surface area contributed by atoms with Crippen LogP contribution in [-0.2, 0) is 6.18 Å². The average molecular weight is 352 g/mol. The fourth-order valence-corrected chi connectivity index (χ4v) is 2.73. The van der Waals surface area contributed by atoms with Crippen molar-refractivity contribution < 1.29 is 17.7 Å². The van der Waals surface area contributed by atoms with Gasteiger partial charge in [0.25, 0.3) is 5.89 Å². The van der Waals surface area contributed by atoms with E-state index in [0.717, 1.165) is 37.3 Å². The van der Waals surface area contributed by atoms with Crippen molar-refractivity contribution in [3.05, 3.63) is 47.1 Å². The molecule has 1 saturated heterocycles. The van der Waals surface area contributed by atoms with Gasteiger partial charge in [-0.3, -0.25) is 4.90 Å². The summed E-state index contributed by atoms with van der Waals surface area (Å²) in [6.45, 7) is 4.36. The van der Waals surface area contributed by atoms with Gasteiger partial charge in [-0.05, 0) is 37.2 Å². The van der Waals surface area contributed by atoms with Crippen LogP contribution in [-0.4, -0.2) is 41.7 Å². The van der Waals surface area contributed by atoms with E-state index in [4.69, 9.17) is 4.52 Å². The van der Waals surface area contributed by atoms with Crippen LogP contribution in [0.3, 0.4) is 0 Å². The molecule has 0 saturated carbocycles. The fourth-order valence-electron chi connectivity index (χ4n) is 2.73. The highest BCUT2D eigenvalue weighted by Crippen LogP contribution is 2.30. The van der Waals surface area contributed by atoms with Crippen molar-refractivity contribution in [2.24, 2.45) is 0 Å². The van der Waals surface area contributed by atoms with Gasteiger partial charge in [-0.1, -0.05) is 17.3 Å². The Labute approximate surface area is 143 Å². The molecule has 0 radical (unpaired) electrons. The number of aromatic nitrogens is 2. The van der Waals surface area contributed by atoms with Gasteiger partial charge in [-0.2, -0.15) is 18.2 Å². The summed E-state index contributed by atoms with van der Waals surface area (Å²) in [5.74, 6) is 0.938. The van der Waals surface area contributed by atoms with Crippen LogP contribution in [0.4, 0.5) is 13.2 Å². The van der Waals surface area contributed by atoms with E-state index in [1.54, 1.807) is 13.0 Å². The number of hydrogen-bond donors (Lipinski definition) is 1. The first kappa shape index (κ1) is 17.6. The maximum Gasteiger partial charge on any atom is 0.416 e. The minimum absolute atomic E-state index is 0.0472. The Kier molecular flexibility index (Phi) is 4.91. The average Bonchev–Trinajstić information content (AvgIpc) is 3.03. The number of nitrogens with zero attached hydrogens (tertiary/aromatic N) is 3. The Morgan fingerprint density at radius 3 is 2.68 bits per heavy atom. The zero-order valence-corrected chi connectivity index (χ0v) is 14.0. The zero-order valence-electron chi connectivity index (χ0n) is 14.0. The molecule has 1 aromatic heterocycles. The summed E-state index contributed by atoms with van der Waals surface area (Å²) in [5.41, 5.74) is 0.750. The maximum absolute atomic E-state index is 12.6. The van der Waals surface area contributed by atoms with Crippen LogP contribution in [0.2, 0.25) is 0 Å². The second-order valence-corrected chi connectivity index (χ2v) is 6.09. The third-order valence-electron chi connectivity index (χ3n) is 4.27. The molecule has 1 unspecified atom stereocenters. The molecule has 0 amide bonds. The number of alkyl halides is 3. The van der Waals surface area contributed by atoms with Gasteiger partial charge in [-0.15, -0.1) is 0 Å². The van der Waals surface area contributed by atoms with E-state index in [9.17, 15) is 13.2 Å². The lowest BCUT2D eigenvalue weighted by Crippen LogP contribution is -2.44. The van der Waals surface area contributed by atoms with Gasteiger partial charge in [-0.25, -0.2) is 0 Å². The van der Waals surface area contributed by atoms with Crippen LogP contribution < -0.4 is 5.32 Å². The molecule has 1 atom stereocenters. The number of nitrogens with one attached hydrogen (secondary N) is 1. The van der Waals surface area contributed by atoms with Crippen LogP contribution in [0.25, 0.3) is 11.6 Å². The molecule has 134 valence electrons. The van der Waals surface area contributed by atoms with E-state index >= 15 is 0 Å². The monoisotopic (exact) mass is 352 g/mol. The highest BCUT2D eigenvalue weighted by molar-refractivity contribution is 5.77. The highest BCUT2D eigenvalue weighted by Gasteiger charge is 2.30. The van der Waals surface area contributed by atoms with Crippen molar-refractivity contribution >= 4 is 11.6 Å². The number of piperazine rings is 1. The predicted molar refractivity (Wildman–Crippen MR) is 87.5 cm³/mol. The topological polar surface area (TPSA) is 54.2 Å². The number of benzene rings is 1. The first-order valence-corrected chi connectivity index (χ1v) is 7.95. The van der Waals surface area contributed by atoms with Crippen molar-refractivity contribution in [2.75, 3.05) is 26.7 Å². The number of allylic oxidation sites excluding steroid dienone is 1. The molecule has 8 heteroatoms. The SMILES string of the molecule is C/C(=C/c1nc(C2CNCCN2C)no1)c1ccc(C(F)(F)F)cc1. The summed E-state index contributed by atoms with van der Waals surface area (Å²) in [6.07, 6.45) is -2.66. The lowest BCUT2D eigenvalue weighted by Gasteiger charge is -2.30. The molecular formula is C17H19F3N4O. The first-order chi connectivity index (χ1) is 11.8. The normalized spacial score (nSPS) is 20.0. The number of hydrogen-bond acceptors (Lipinski definition) is 5. The second kappa shape index (κ2) is 6.97. The third kappa shape index (κ3) is 4.08. The summed E-state index contributed by atoms with van der Waals surface area (Å²) in [5, 5.41) is 7.31. The zero-order chi connectivity index (χ0) is 18.0. The second-order valence-electron chi connectivity index (χ2n) is 6.09. The van der Waals surface area contributed by atoms with Gasteiger partial charge >= 0.3 is 6.18 Å². The molecule has 1 fully saturated rings. The molecule has 0 aliphatic carbocycles. The Balaban J connectivity index is 1.76. The summed E-state index contributed by atoms with van der Waals surface area (Å²) in [7, 11) is 2.00. The summed E-state index contributed by atoms with van der Waals surface area (Å²) >= 11 is 0. The van der Waals surface area contributed by atoms with E-state index in [-0.39, 0.29) is 6.04 Å². The van der Waals surface area contributed by atoms with Crippen molar-refractivity contribution in [1.29, 1.82) is 0 Å². The molecule has 0 spiro atoms. The van der Waals surface area contributed by atoms with E-state index in [2.05, 4.69) is 20.4 Å². The molecule has 1 aliphatic rings. The Morgan fingerprint density at radius 1 is 1.32 bits per heavy atom. The summed E-state index contributed by atoms with van der Waals surface area (Å²) in [4.78, 5) is 6.54. The standard InChI is InChI=1S/C17H19F3N4O/c1-11(12-3-5-13(6-4-12)17(18,19)20)9-15-22-16(23-25-15)14-10-21-7-8-24(14)2/h3-6,9,14,21H,7-8,10H2,1-2H3/b11-9-. The third-order valence-corrected chi connectivity index (χ3v) is 4.27. The molecule has 25 heavy (non-hydrogen) atoms. The molecule has 2 heterocycles. The quantitative estimate of drug-likeness (QED) is 0.919. The van der Waals surface area contributed by atoms with Crippen molar-refractivity contribution in [3.63, 3.8) is 0 Å². The van der Waals surface area contributed by atoms with Crippen molar-refractivity contribution in [2.45, 2.75) is 19.1 Å². The van der Waals surface area contributed by atoms with Crippen LogP contribution >= 0.6 is 0 Å². The van der Waals surface area contributed by atoms with Crippen molar-refractivity contribution in [3.8, 4) is 0 Å². The van der Waals surface area contributed by atoms with E-state index in [0.29, 0.717) is 17.3 Å². The van der Waals surface area contributed by atoms with Crippen LogP contribution in [0.15, 0.2) is 28.8 Å². The largest absolute Gasteiger partial charge is 0.416 e. The van der Waals surface area contributed by atoms with Gasteiger partial charge in [0.2, 0.25) is 0 Å². The molecule has 1 aliphatic heterocycles. The lowest BCUT2D eigenvalue weighted by molar-refractivity contribution is -0.137. The number of likely N-dealkylation sites (N-methyl/N-ethyl adjacent to an activating group) is 1. The molecule has 0 bridgehead atoms. The maximum atomic E-state index is 12.6. The number of halogens is 3. The van der Waals surface area contributed by atoms with E-state index < -0.39 is 11.7 Å². The smallest absolute Gasteiger partial charge is 0.335 e. The fraction of sp³-hybridized carbons (Fsp3) is 0.412. The van der Waals surface area contributed by atoms with Gasteiger partial charge < -0.3 is 9.84 Å². The Hall–Kier alpha value is -2.19. The van der Waals surface area contributed by atoms with Gasteiger partial charge in [0.15, 0.2) is 5.82 Å². The molecular weight excluding hydrogens is 333 g/mol. The molecule has 1 N–H and O–H groups in total.